The second-order valence-corrected chi connectivity index (χ2v) is 5.65. The van der Waals surface area contributed by atoms with E-state index in [0.29, 0.717) is 18.0 Å². The van der Waals surface area contributed by atoms with E-state index >= 15 is 0 Å². The average molecular weight is 348 g/mol. The maximum atomic E-state index is 12.5. The molecule has 0 unspecified atom stereocenters. The van der Waals surface area contributed by atoms with E-state index in [0.717, 1.165) is 12.8 Å². The number of aliphatic hydroxyl groups excluding tert-OH is 1. The van der Waals surface area contributed by atoms with Crippen molar-refractivity contribution in [3.63, 3.8) is 0 Å². The number of nitrogens with zero attached hydrogens (tertiary/aromatic N) is 1. The Morgan fingerprint density at radius 1 is 1.40 bits per heavy atom. The summed E-state index contributed by atoms with van der Waals surface area (Å²) in [6.45, 7) is 2.81. The second kappa shape index (κ2) is 9.08. The van der Waals surface area contributed by atoms with Gasteiger partial charge in [0, 0.05) is 18.3 Å². The third-order valence-electron chi connectivity index (χ3n) is 3.82. The normalized spacial score (nSPS) is 14.0. The fourth-order valence-corrected chi connectivity index (χ4v) is 2.49. The van der Waals surface area contributed by atoms with Gasteiger partial charge in [-0.2, -0.15) is 0 Å². The fraction of sp³-hybridized carbons (Fsp3) is 0.444. The van der Waals surface area contributed by atoms with Gasteiger partial charge in [-0.1, -0.05) is 19.4 Å². The molecule has 0 spiro atoms. The number of amides is 1. The molecule has 0 bridgehead atoms. The van der Waals surface area contributed by atoms with Crippen LogP contribution in [0.2, 0.25) is 0 Å². The van der Waals surface area contributed by atoms with Crippen LogP contribution >= 0.6 is 0 Å². The van der Waals surface area contributed by atoms with Gasteiger partial charge in [0.1, 0.15) is 11.4 Å². The Bertz CT molecular complexity index is 657. The number of unbranched alkanes of at least 4 members (excludes halogenated alkanes) is 1. The first-order chi connectivity index (χ1) is 12.1. The Kier molecular flexibility index (Phi) is 6.82. The van der Waals surface area contributed by atoms with E-state index < -0.39 is 5.97 Å². The van der Waals surface area contributed by atoms with Gasteiger partial charge in [0.25, 0.3) is 5.91 Å². The summed E-state index contributed by atoms with van der Waals surface area (Å²) in [6, 6.07) is 7.22. The number of β-amino-alcohol motifs (C(OH)–C–C–N with tert-alkyl or cyclic N) is 1. The molecule has 1 aliphatic rings. The smallest absolute Gasteiger partial charge is 0.337 e. The zero-order chi connectivity index (χ0) is 18.2. The van der Waals surface area contributed by atoms with Crippen LogP contribution in [-0.4, -0.2) is 55.3 Å². The highest BCUT2D eigenvalue weighted by molar-refractivity contribution is 6.08. The van der Waals surface area contributed by atoms with Gasteiger partial charge in [0.2, 0.25) is 0 Å². The summed E-state index contributed by atoms with van der Waals surface area (Å²) in [6.07, 6.45) is 2.01. The maximum Gasteiger partial charge on any atom is 0.337 e. The lowest BCUT2D eigenvalue weighted by atomic mass is 10.2. The van der Waals surface area contributed by atoms with Crippen LogP contribution in [0.4, 0.5) is 5.69 Å². The number of carbonyl (C=O) groups is 2. The van der Waals surface area contributed by atoms with Crippen molar-refractivity contribution < 1.29 is 24.2 Å². The van der Waals surface area contributed by atoms with Gasteiger partial charge < -0.3 is 24.8 Å². The summed E-state index contributed by atoms with van der Waals surface area (Å²) >= 11 is 0. The molecule has 0 atom stereocenters. The topological polar surface area (TPSA) is 88.1 Å². The summed E-state index contributed by atoms with van der Waals surface area (Å²) in [5.41, 5.74) is 1.06. The number of carbonyl (C=O) groups excluding carboxylic acids is 2. The summed E-state index contributed by atoms with van der Waals surface area (Å²) in [4.78, 5) is 25.8. The van der Waals surface area contributed by atoms with E-state index in [1.807, 2.05) is 12.1 Å². The van der Waals surface area contributed by atoms with Gasteiger partial charge in [-0.05, 0) is 18.6 Å². The van der Waals surface area contributed by atoms with Crippen molar-refractivity contribution >= 4 is 17.6 Å². The van der Waals surface area contributed by atoms with Gasteiger partial charge in [-0.3, -0.25) is 4.79 Å². The molecule has 2 N–H and O–H groups in total. The molecule has 1 amide bonds. The summed E-state index contributed by atoms with van der Waals surface area (Å²) in [5.74, 6) is -0.213. The molecule has 0 aliphatic carbocycles. The third-order valence-corrected chi connectivity index (χ3v) is 3.82. The van der Waals surface area contributed by atoms with Gasteiger partial charge in [0.15, 0.2) is 0 Å². The highest BCUT2D eigenvalue weighted by Gasteiger charge is 2.34. The predicted octanol–water partition coefficient (Wildman–Crippen LogP) is 1.54. The van der Waals surface area contributed by atoms with Crippen molar-refractivity contribution in [2.24, 2.45) is 0 Å². The van der Waals surface area contributed by atoms with Crippen molar-refractivity contribution in [2.45, 2.75) is 19.8 Å². The van der Waals surface area contributed by atoms with E-state index in [1.165, 1.54) is 12.0 Å². The number of hydrogen-bond acceptors (Lipinski definition) is 6. The van der Waals surface area contributed by atoms with E-state index in [9.17, 15) is 9.59 Å². The van der Waals surface area contributed by atoms with Crippen LogP contribution in [0.3, 0.4) is 0 Å². The van der Waals surface area contributed by atoms with Gasteiger partial charge in [-0.15, -0.1) is 0 Å². The van der Waals surface area contributed by atoms with Crippen molar-refractivity contribution in [3.05, 3.63) is 35.5 Å². The SMILES string of the molecule is CCCCOc1cccc(NC2=C(C(=O)OC)CN(CCO)C2=O)c1. The lowest BCUT2D eigenvalue weighted by molar-refractivity contribution is -0.136. The van der Waals surface area contributed by atoms with Crippen LogP contribution in [0.5, 0.6) is 5.75 Å². The maximum absolute atomic E-state index is 12.5. The first-order valence-corrected chi connectivity index (χ1v) is 8.32. The van der Waals surface area contributed by atoms with Crippen molar-refractivity contribution in [1.29, 1.82) is 0 Å². The van der Waals surface area contributed by atoms with Crippen LogP contribution < -0.4 is 10.1 Å². The Labute approximate surface area is 147 Å². The molecule has 136 valence electrons. The van der Waals surface area contributed by atoms with Gasteiger partial charge in [-0.25, -0.2) is 4.79 Å². The number of benzene rings is 1. The molecule has 7 heteroatoms. The Hall–Kier alpha value is -2.54. The zero-order valence-corrected chi connectivity index (χ0v) is 14.6. The zero-order valence-electron chi connectivity index (χ0n) is 14.6. The van der Waals surface area contributed by atoms with Crippen LogP contribution in [0.1, 0.15) is 19.8 Å². The van der Waals surface area contributed by atoms with Crippen LogP contribution in [-0.2, 0) is 14.3 Å². The largest absolute Gasteiger partial charge is 0.494 e. The molecule has 25 heavy (non-hydrogen) atoms. The molecule has 1 aromatic rings. The fourth-order valence-electron chi connectivity index (χ4n) is 2.49. The number of methoxy groups -OCH3 is 1. The third kappa shape index (κ3) is 4.73. The molecule has 0 aromatic heterocycles. The van der Waals surface area contributed by atoms with Crippen LogP contribution in [0, 0.1) is 0 Å². The number of aliphatic hydroxyl groups is 1. The molecular formula is C18H24N2O5. The first-order valence-electron chi connectivity index (χ1n) is 8.32. The van der Waals surface area contributed by atoms with E-state index in [1.54, 1.807) is 12.1 Å². The molecule has 0 saturated carbocycles. The quantitative estimate of drug-likeness (QED) is 0.520. The molecule has 7 nitrogen and oxygen atoms in total. The molecule has 0 fully saturated rings. The molecular weight excluding hydrogens is 324 g/mol. The highest BCUT2D eigenvalue weighted by atomic mass is 16.5. The molecule has 2 rings (SSSR count). The highest BCUT2D eigenvalue weighted by Crippen LogP contribution is 2.25. The van der Waals surface area contributed by atoms with E-state index in [-0.39, 0.29) is 36.9 Å². The van der Waals surface area contributed by atoms with E-state index in [2.05, 4.69) is 12.2 Å². The Morgan fingerprint density at radius 3 is 2.88 bits per heavy atom. The predicted molar refractivity (Wildman–Crippen MR) is 93.2 cm³/mol. The molecule has 1 aromatic carbocycles. The lowest BCUT2D eigenvalue weighted by Crippen LogP contribution is -2.31. The van der Waals surface area contributed by atoms with Crippen LogP contribution in [0.25, 0.3) is 0 Å². The number of anilines is 1. The second-order valence-electron chi connectivity index (χ2n) is 5.65. The standard InChI is InChI=1S/C18H24N2O5/c1-3-4-10-25-14-7-5-6-13(11-14)19-16-15(18(23)24-2)12-20(8-9-21)17(16)22/h5-7,11,19,21H,3-4,8-10,12H2,1-2H3. The minimum absolute atomic E-state index is 0.112. The molecule has 0 radical (unpaired) electrons. The number of hydrogen-bond donors (Lipinski definition) is 2. The lowest BCUT2D eigenvalue weighted by Gasteiger charge is -2.15. The Balaban J connectivity index is 2.18. The van der Waals surface area contributed by atoms with Crippen LogP contribution in [0.15, 0.2) is 35.5 Å². The minimum Gasteiger partial charge on any atom is -0.494 e. The summed E-state index contributed by atoms with van der Waals surface area (Å²) in [5, 5.41) is 12.1. The van der Waals surface area contributed by atoms with Gasteiger partial charge in [0.05, 0.1) is 32.4 Å². The molecule has 1 aliphatic heterocycles. The first kappa shape index (κ1) is 18.8. The molecule has 0 saturated heterocycles. The van der Waals surface area contributed by atoms with Crippen molar-refractivity contribution in [2.75, 3.05) is 38.7 Å². The molecule has 1 heterocycles. The number of rotatable bonds is 9. The average Bonchev–Trinajstić information content (AvgIpc) is 2.92. The number of ether oxygens (including phenoxy) is 2. The van der Waals surface area contributed by atoms with Crippen molar-refractivity contribution in [1.82, 2.24) is 4.90 Å². The Morgan fingerprint density at radius 2 is 2.20 bits per heavy atom. The summed E-state index contributed by atoms with van der Waals surface area (Å²) < 4.78 is 10.4. The van der Waals surface area contributed by atoms with Gasteiger partial charge >= 0.3 is 5.97 Å². The number of nitrogens with one attached hydrogen (secondary N) is 1. The number of esters is 1. The monoisotopic (exact) mass is 348 g/mol. The minimum atomic E-state index is -0.563. The van der Waals surface area contributed by atoms with Crippen molar-refractivity contribution in [3.8, 4) is 5.75 Å². The van der Waals surface area contributed by atoms with E-state index in [4.69, 9.17) is 14.6 Å². The summed E-state index contributed by atoms with van der Waals surface area (Å²) in [7, 11) is 1.27.